The normalized spacial score (nSPS) is 21.6. The van der Waals surface area contributed by atoms with E-state index in [1.54, 1.807) is 0 Å². The second-order valence-electron chi connectivity index (χ2n) is 7.37. The van der Waals surface area contributed by atoms with Crippen LogP contribution in [0, 0.1) is 0 Å². The Balaban J connectivity index is 1.68. The summed E-state index contributed by atoms with van der Waals surface area (Å²) < 4.78 is 0. The number of carboxylic acid groups (broad SMARTS) is 1. The molecule has 2 amide bonds. The van der Waals surface area contributed by atoms with Crippen molar-refractivity contribution in [2.45, 2.75) is 50.5 Å². The number of benzene rings is 1. The molecule has 1 aromatic rings. The van der Waals surface area contributed by atoms with Gasteiger partial charge in [-0.25, -0.2) is 0 Å². The lowest BCUT2D eigenvalue weighted by Gasteiger charge is -2.29. The molecule has 2 aliphatic rings. The summed E-state index contributed by atoms with van der Waals surface area (Å²) >= 11 is 0. The molecule has 0 aromatic heterocycles. The van der Waals surface area contributed by atoms with E-state index in [0.717, 1.165) is 31.2 Å². The fourth-order valence-corrected chi connectivity index (χ4v) is 4.05. The van der Waals surface area contributed by atoms with Crippen LogP contribution < -0.4 is 0 Å². The maximum Gasteiger partial charge on any atom is 0.323 e. The van der Waals surface area contributed by atoms with Crippen LogP contribution in [0.3, 0.4) is 0 Å². The van der Waals surface area contributed by atoms with Crippen molar-refractivity contribution in [2.75, 3.05) is 19.6 Å². The molecule has 140 valence electrons. The number of aliphatic carboxylic acids is 1. The van der Waals surface area contributed by atoms with Crippen LogP contribution in [0.4, 0.5) is 0 Å². The Bertz CT molecular complexity index is 684. The molecule has 6 nitrogen and oxygen atoms in total. The summed E-state index contributed by atoms with van der Waals surface area (Å²) in [4.78, 5) is 39.4. The van der Waals surface area contributed by atoms with Crippen LogP contribution in [0.5, 0.6) is 0 Å². The van der Waals surface area contributed by atoms with Crippen molar-refractivity contribution in [2.24, 2.45) is 0 Å². The lowest BCUT2D eigenvalue weighted by atomic mass is 9.94. The third kappa shape index (κ3) is 3.74. The summed E-state index contributed by atoms with van der Waals surface area (Å²) in [6.45, 7) is 2.37. The van der Waals surface area contributed by atoms with E-state index in [0.29, 0.717) is 19.5 Å². The summed E-state index contributed by atoms with van der Waals surface area (Å²) in [7, 11) is 0. The van der Waals surface area contributed by atoms with Gasteiger partial charge in [-0.15, -0.1) is 0 Å². The minimum Gasteiger partial charge on any atom is -0.480 e. The average Bonchev–Trinajstić information content (AvgIpc) is 3.44. The van der Waals surface area contributed by atoms with E-state index in [1.165, 1.54) is 11.8 Å². The van der Waals surface area contributed by atoms with Crippen molar-refractivity contribution < 1.29 is 19.5 Å². The van der Waals surface area contributed by atoms with Crippen molar-refractivity contribution in [3.63, 3.8) is 0 Å². The Morgan fingerprint density at radius 3 is 2.42 bits per heavy atom. The van der Waals surface area contributed by atoms with Gasteiger partial charge in [0.15, 0.2) is 0 Å². The molecule has 0 radical (unpaired) electrons. The minimum absolute atomic E-state index is 0.117. The topological polar surface area (TPSA) is 77.9 Å². The van der Waals surface area contributed by atoms with Gasteiger partial charge in [0.05, 0.1) is 5.41 Å². The number of carboxylic acids is 1. The molecule has 1 atom stereocenters. The highest BCUT2D eigenvalue weighted by Crippen LogP contribution is 2.49. The molecule has 1 unspecified atom stereocenters. The molecule has 26 heavy (non-hydrogen) atoms. The highest BCUT2D eigenvalue weighted by atomic mass is 16.4. The molecule has 6 heteroatoms. The lowest BCUT2D eigenvalue weighted by molar-refractivity contribution is -0.145. The first kappa shape index (κ1) is 18.4. The number of amides is 2. The summed E-state index contributed by atoms with van der Waals surface area (Å²) in [5.41, 5.74) is 0.713. The maximum absolute atomic E-state index is 13.2. The number of hydrogen-bond acceptors (Lipinski definition) is 3. The average molecular weight is 358 g/mol. The van der Waals surface area contributed by atoms with E-state index in [2.05, 4.69) is 0 Å². The minimum atomic E-state index is -1.00. The molecule has 0 spiro atoms. The van der Waals surface area contributed by atoms with E-state index in [1.807, 2.05) is 35.2 Å². The van der Waals surface area contributed by atoms with Gasteiger partial charge in [0.1, 0.15) is 6.54 Å². The van der Waals surface area contributed by atoms with Crippen molar-refractivity contribution >= 4 is 17.8 Å². The Kier molecular flexibility index (Phi) is 5.30. The Morgan fingerprint density at radius 1 is 1.15 bits per heavy atom. The van der Waals surface area contributed by atoms with E-state index >= 15 is 0 Å². The molecule has 1 aromatic carbocycles. The van der Waals surface area contributed by atoms with Crippen molar-refractivity contribution in [3.8, 4) is 0 Å². The summed E-state index contributed by atoms with van der Waals surface area (Å²) in [6, 6.07) is 9.83. The fourth-order valence-electron chi connectivity index (χ4n) is 4.05. The van der Waals surface area contributed by atoms with Crippen molar-refractivity contribution in [1.29, 1.82) is 0 Å². The fraction of sp³-hybridized carbons (Fsp3) is 0.550. The molecule has 1 aliphatic carbocycles. The zero-order valence-electron chi connectivity index (χ0n) is 15.2. The van der Waals surface area contributed by atoms with E-state index < -0.39 is 5.97 Å². The van der Waals surface area contributed by atoms with E-state index in [4.69, 9.17) is 5.11 Å². The third-order valence-electron chi connectivity index (χ3n) is 5.62. The van der Waals surface area contributed by atoms with Gasteiger partial charge < -0.3 is 14.9 Å². The van der Waals surface area contributed by atoms with Gasteiger partial charge in [0.25, 0.3) is 0 Å². The number of carbonyl (C=O) groups excluding carboxylic acids is 2. The predicted octanol–water partition coefficient (Wildman–Crippen LogP) is 2.03. The predicted molar refractivity (Wildman–Crippen MR) is 96.6 cm³/mol. The first-order valence-corrected chi connectivity index (χ1v) is 9.28. The van der Waals surface area contributed by atoms with Gasteiger partial charge in [-0.05, 0) is 37.7 Å². The van der Waals surface area contributed by atoms with Crippen molar-refractivity contribution in [3.05, 3.63) is 35.9 Å². The Labute approximate surface area is 153 Å². The highest BCUT2D eigenvalue weighted by molar-refractivity contribution is 5.91. The van der Waals surface area contributed by atoms with Crippen LogP contribution in [-0.2, 0) is 19.8 Å². The molecular weight excluding hydrogens is 332 g/mol. The van der Waals surface area contributed by atoms with Gasteiger partial charge >= 0.3 is 5.97 Å². The molecule has 2 fully saturated rings. The van der Waals surface area contributed by atoms with E-state index in [9.17, 15) is 14.4 Å². The number of carbonyl (C=O) groups is 3. The largest absolute Gasteiger partial charge is 0.480 e. The Morgan fingerprint density at radius 2 is 1.85 bits per heavy atom. The van der Waals surface area contributed by atoms with Crippen molar-refractivity contribution in [1.82, 2.24) is 9.80 Å². The van der Waals surface area contributed by atoms with Crippen LogP contribution in [0.25, 0.3) is 0 Å². The maximum atomic E-state index is 13.2. The molecule has 1 saturated carbocycles. The number of likely N-dealkylation sites (tertiary alicyclic amines) is 1. The van der Waals surface area contributed by atoms with Gasteiger partial charge in [0.2, 0.25) is 11.8 Å². The molecule has 3 rings (SSSR count). The molecule has 1 heterocycles. The van der Waals surface area contributed by atoms with Gasteiger partial charge in [0, 0.05) is 26.1 Å². The van der Waals surface area contributed by atoms with Crippen LogP contribution >= 0.6 is 0 Å². The number of hydrogen-bond donors (Lipinski definition) is 1. The van der Waals surface area contributed by atoms with Crippen LogP contribution in [0.1, 0.15) is 44.6 Å². The third-order valence-corrected chi connectivity index (χ3v) is 5.62. The first-order valence-electron chi connectivity index (χ1n) is 9.28. The van der Waals surface area contributed by atoms with Gasteiger partial charge in [-0.2, -0.15) is 0 Å². The smallest absolute Gasteiger partial charge is 0.323 e. The van der Waals surface area contributed by atoms with Crippen LogP contribution in [-0.4, -0.2) is 58.4 Å². The molecule has 1 saturated heterocycles. The zero-order chi connectivity index (χ0) is 18.7. The van der Waals surface area contributed by atoms with E-state index in [-0.39, 0.29) is 29.8 Å². The molecule has 1 N–H and O–H groups in total. The number of nitrogens with zero attached hydrogens (tertiary/aromatic N) is 2. The summed E-state index contributed by atoms with van der Waals surface area (Å²) in [6.07, 6.45) is 3.91. The quantitative estimate of drug-likeness (QED) is 0.874. The lowest BCUT2D eigenvalue weighted by Crippen LogP contribution is -2.43. The van der Waals surface area contributed by atoms with Crippen LogP contribution in [0.2, 0.25) is 0 Å². The van der Waals surface area contributed by atoms with Gasteiger partial charge in [-0.1, -0.05) is 30.3 Å². The van der Waals surface area contributed by atoms with Crippen LogP contribution in [0.15, 0.2) is 30.3 Å². The molecular formula is C20H26N2O4. The first-order chi connectivity index (χ1) is 12.4. The second-order valence-corrected chi connectivity index (χ2v) is 7.37. The number of rotatable bonds is 5. The molecule has 1 aliphatic heterocycles. The molecule has 0 bridgehead atoms. The second kappa shape index (κ2) is 7.48. The summed E-state index contributed by atoms with van der Waals surface area (Å²) in [5, 5.41) is 9.06. The van der Waals surface area contributed by atoms with Gasteiger partial charge in [-0.3, -0.25) is 14.4 Å². The zero-order valence-corrected chi connectivity index (χ0v) is 15.2. The SMILES string of the molecule is CC(=O)N(CC(=O)O)C1CCCN(C(=O)C2(c3ccccc3)CC2)CC1. The highest BCUT2D eigenvalue weighted by Gasteiger charge is 2.53. The Hall–Kier alpha value is -2.37. The summed E-state index contributed by atoms with van der Waals surface area (Å²) in [5.74, 6) is -1.05. The monoisotopic (exact) mass is 358 g/mol. The standard InChI is InChI=1S/C20H26N2O4/c1-15(23)22(14-18(24)25)17-8-5-12-21(13-9-17)19(26)20(10-11-20)16-6-3-2-4-7-16/h2-4,6-7,17H,5,8-14H2,1H3,(H,24,25).